The van der Waals surface area contributed by atoms with Gasteiger partial charge in [0, 0.05) is 23.0 Å². The topological polar surface area (TPSA) is 18.5 Å². The van der Waals surface area contributed by atoms with Crippen molar-refractivity contribution >= 4 is 11.6 Å². The third kappa shape index (κ3) is 1.44. The summed E-state index contributed by atoms with van der Waals surface area (Å²) in [7, 11) is 3.43. The maximum absolute atomic E-state index is 6.98. The molecule has 1 fully saturated rings. The fourth-order valence-electron chi connectivity index (χ4n) is 3.97. The van der Waals surface area contributed by atoms with Crippen molar-refractivity contribution in [3.05, 3.63) is 35.4 Å². The molecule has 3 rings (SSSR count). The van der Waals surface area contributed by atoms with Gasteiger partial charge < -0.3 is 9.47 Å². The standard InChI is InChI=1S/C16H19ClO2/c1-9(2)16(17)10-5-6-11(16)15-13(19-4)8-7-12(18-3)14(10)15/h7-8,10-11H,1,5-6H2,2-4H3/t10-,11-/m1/s1. The molecule has 0 unspecified atom stereocenters. The van der Waals surface area contributed by atoms with E-state index in [1.807, 2.05) is 19.1 Å². The van der Waals surface area contributed by atoms with Crippen LogP contribution >= 0.6 is 11.6 Å². The molecule has 102 valence electrons. The summed E-state index contributed by atoms with van der Waals surface area (Å²) in [5.74, 6) is 2.43. The predicted octanol–water partition coefficient (Wildman–Crippen LogP) is 4.23. The van der Waals surface area contributed by atoms with Crippen molar-refractivity contribution in [1.82, 2.24) is 0 Å². The lowest BCUT2D eigenvalue weighted by molar-refractivity contribution is 0.391. The molecule has 0 N–H and O–H groups in total. The number of halogens is 1. The molecule has 0 radical (unpaired) electrons. The molecule has 0 aromatic heterocycles. The molecule has 0 saturated heterocycles. The van der Waals surface area contributed by atoms with Gasteiger partial charge in [-0.25, -0.2) is 0 Å². The normalized spacial score (nSPS) is 31.2. The van der Waals surface area contributed by atoms with E-state index >= 15 is 0 Å². The lowest BCUT2D eigenvalue weighted by atomic mass is 9.88. The fraction of sp³-hybridized carbons (Fsp3) is 0.500. The van der Waals surface area contributed by atoms with Gasteiger partial charge in [-0.05, 0) is 31.9 Å². The van der Waals surface area contributed by atoms with Gasteiger partial charge in [0.1, 0.15) is 11.5 Å². The quantitative estimate of drug-likeness (QED) is 0.608. The lowest BCUT2D eigenvalue weighted by Crippen LogP contribution is -2.26. The zero-order valence-electron chi connectivity index (χ0n) is 11.6. The molecule has 1 saturated carbocycles. The Morgan fingerprint density at radius 1 is 1.16 bits per heavy atom. The summed E-state index contributed by atoms with van der Waals surface area (Å²) in [5.41, 5.74) is 3.51. The molecule has 3 heteroatoms. The van der Waals surface area contributed by atoms with Crippen molar-refractivity contribution in [2.45, 2.75) is 36.5 Å². The molecule has 2 atom stereocenters. The van der Waals surface area contributed by atoms with Gasteiger partial charge in [-0.3, -0.25) is 0 Å². The van der Waals surface area contributed by atoms with Crippen molar-refractivity contribution in [2.24, 2.45) is 0 Å². The molecule has 0 spiro atoms. The van der Waals surface area contributed by atoms with Crippen LogP contribution in [0, 0.1) is 0 Å². The SMILES string of the molecule is C=C(C)C1(Cl)[C@@H]2CC[C@@H]1c1c(OC)ccc(OC)c12. The van der Waals surface area contributed by atoms with Gasteiger partial charge in [0.2, 0.25) is 0 Å². The summed E-state index contributed by atoms with van der Waals surface area (Å²) in [6, 6.07) is 3.96. The van der Waals surface area contributed by atoms with Crippen LogP contribution in [0.3, 0.4) is 0 Å². The minimum Gasteiger partial charge on any atom is -0.496 e. The second kappa shape index (κ2) is 4.17. The second-order valence-electron chi connectivity index (χ2n) is 5.53. The zero-order valence-corrected chi connectivity index (χ0v) is 12.4. The molecule has 0 aliphatic heterocycles. The van der Waals surface area contributed by atoms with Crippen LogP contribution in [0.25, 0.3) is 0 Å². The molecule has 2 bridgehead atoms. The first-order valence-corrected chi connectivity index (χ1v) is 7.03. The lowest BCUT2D eigenvalue weighted by Gasteiger charge is -2.28. The van der Waals surface area contributed by atoms with Crippen LogP contribution in [0.4, 0.5) is 0 Å². The Hall–Kier alpha value is -1.15. The maximum Gasteiger partial charge on any atom is 0.122 e. The van der Waals surface area contributed by atoms with Crippen molar-refractivity contribution in [1.29, 1.82) is 0 Å². The van der Waals surface area contributed by atoms with E-state index in [0.717, 1.165) is 29.9 Å². The highest BCUT2D eigenvalue weighted by atomic mass is 35.5. The third-order valence-electron chi connectivity index (χ3n) is 4.76. The van der Waals surface area contributed by atoms with Crippen LogP contribution in [0.15, 0.2) is 24.3 Å². The molecule has 0 amide bonds. The van der Waals surface area contributed by atoms with Crippen LogP contribution < -0.4 is 9.47 Å². The smallest absolute Gasteiger partial charge is 0.122 e. The average molecular weight is 279 g/mol. The second-order valence-corrected chi connectivity index (χ2v) is 6.15. The number of benzene rings is 1. The van der Waals surface area contributed by atoms with Crippen molar-refractivity contribution in [3.63, 3.8) is 0 Å². The van der Waals surface area contributed by atoms with E-state index in [0.29, 0.717) is 0 Å². The Bertz CT molecular complexity index is 511. The van der Waals surface area contributed by atoms with Crippen LogP contribution in [0.2, 0.25) is 0 Å². The number of methoxy groups -OCH3 is 2. The highest BCUT2D eigenvalue weighted by Gasteiger charge is 2.59. The van der Waals surface area contributed by atoms with Gasteiger partial charge in [-0.2, -0.15) is 0 Å². The first-order valence-electron chi connectivity index (χ1n) is 6.65. The van der Waals surface area contributed by atoms with Crippen LogP contribution in [0.5, 0.6) is 11.5 Å². The van der Waals surface area contributed by atoms with E-state index in [4.69, 9.17) is 21.1 Å². The number of alkyl halides is 1. The van der Waals surface area contributed by atoms with E-state index in [2.05, 4.69) is 6.58 Å². The van der Waals surface area contributed by atoms with Crippen LogP contribution in [-0.2, 0) is 0 Å². The summed E-state index contributed by atoms with van der Waals surface area (Å²) < 4.78 is 11.1. The van der Waals surface area contributed by atoms with Gasteiger partial charge in [0.25, 0.3) is 0 Å². The first kappa shape index (κ1) is 12.9. The van der Waals surface area contributed by atoms with E-state index in [1.54, 1.807) is 14.2 Å². The maximum atomic E-state index is 6.98. The largest absolute Gasteiger partial charge is 0.496 e. The molecular weight excluding hydrogens is 260 g/mol. The van der Waals surface area contributed by atoms with Gasteiger partial charge in [-0.15, -0.1) is 11.6 Å². The highest BCUT2D eigenvalue weighted by Crippen LogP contribution is 2.68. The summed E-state index contributed by atoms with van der Waals surface area (Å²) in [4.78, 5) is -0.371. The first-order chi connectivity index (χ1) is 9.05. The molecule has 0 heterocycles. The van der Waals surface area contributed by atoms with E-state index in [1.165, 1.54) is 11.1 Å². The molecule has 2 nitrogen and oxygen atoms in total. The summed E-state index contributed by atoms with van der Waals surface area (Å²) in [5, 5.41) is 0. The number of fused-ring (bicyclic) bond motifs is 5. The minimum absolute atomic E-state index is 0.289. The molecule has 1 aromatic rings. The number of rotatable bonds is 3. The molecule has 2 aliphatic rings. The van der Waals surface area contributed by atoms with Crippen LogP contribution in [0.1, 0.15) is 42.7 Å². The number of hydrogen-bond donors (Lipinski definition) is 0. The highest BCUT2D eigenvalue weighted by molar-refractivity contribution is 6.28. The van der Waals surface area contributed by atoms with Crippen molar-refractivity contribution in [2.75, 3.05) is 14.2 Å². The molecule has 1 aromatic carbocycles. The van der Waals surface area contributed by atoms with Gasteiger partial charge in [0.05, 0.1) is 19.1 Å². The Balaban J connectivity index is 2.26. The van der Waals surface area contributed by atoms with E-state index in [9.17, 15) is 0 Å². The van der Waals surface area contributed by atoms with Gasteiger partial charge in [-0.1, -0.05) is 12.2 Å². The van der Waals surface area contributed by atoms with E-state index < -0.39 is 0 Å². The number of hydrogen-bond acceptors (Lipinski definition) is 2. The van der Waals surface area contributed by atoms with Gasteiger partial charge >= 0.3 is 0 Å². The molecule has 2 aliphatic carbocycles. The summed E-state index contributed by atoms with van der Waals surface area (Å²) in [6.07, 6.45) is 2.19. The Morgan fingerprint density at radius 3 is 1.89 bits per heavy atom. The average Bonchev–Trinajstić information content (AvgIpc) is 2.88. The summed E-state index contributed by atoms with van der Waals surface area (Å²) >= 11 is 6.98. The van der Waals surface area contributed by atoms with Crippen LogP contribution in [-0.4, -0.2) is 19.1 Å². The van der Waals surface area contributed by atoms with Crippen molar-refractivity contribution < 1.29 is 9.47 Å². The van der Waals surface area contributed by atoms with Gasteiger partial charge in [0.15, 0.2) is 0 Å². The molecule has 19 heavy (non-hydrogen) atoms. The number of allylic oxidation sites excluding steroid dienone is 1. The Labute approximate surface area is 119 Å². The monoisotopic (exact) mass is 278 g/mol. The minimum atomic E-state index is -0.371. The number of ether oxygens (including phenoxy) is 2. The Kier molecular flexibility index (Phi) is 2.82. The zero-order chi connectivity index (χ0) is 13.8. The third-order valence-corrected chi connectivity index (χ3v) is 5.61. The molecular formula is C16H19ClO2. The fourth-order valence-corrected chi connectivity index (χ4v) is 4.41. The van der Waals surface area contributed by atoms with E-state index in [-0.39, 0.29) is 16.7 Å². The predicted molar refractivity (Wildman–Crippen MR) is 77.7 cm³/mol. The van der Waals surface area contributed by atoms with Crippen molar-refractivity contribution in [3.8, 4) is 11.5 Å². The Morgan fingerprint density at radius 2 is 1.58 bits per heavy atom. The summed E-state index contributed by atoms with van der Waals surface area (Å²) in [6.45, 7) is 6.16.